The van der Waals surface area contributed by atoms with Crippen molar-refractivity contribution in [3.05, 3.63) is 53.2 Å². The number of carbonyl (C=O) groups excluding carboxylic acids is 4. The van der Waals surface area contributed by atoms with Crippen LogP contribution in [-0.2, 0) is 16.1 Å². The molecular weight excluding hydrogens is 362 g/mol. The molecule has 0 saturated carbocycles. The minimum atomic E-state index is -0.965. The molecule has 2 aromatic rings. The number of imide groups is 2. The van der Waals surface area contributed by atoms with Crippen LogP contribution in [0.1, 0.15) is 39.1 Å². The number of aromatic nitrogens is 1. The van der Waals surface area contributed by atoms with Crippen molar-refractivity contribution in [1.82, 2.24) is 15.2 Å². The Morgan fingerprint density at radius 2 is 1.89 bits per heavy atom. The molecule has 1 aromatic heterocycles. The Hall–Kier alpha value is -3.75. The molecule has 1 fully saturated rings. The van der Waals surface area contributed by atoms with E-state index in [0.717, 1.165) is 16.2 Å². The molecule has 1 unspecified atom stereocenters. The quantitative estimate of drug-likeness (QED) is 0.665. The highest BCUT2D eigenvalue weighted by Crippen LogP contribution is 2.28. The summed E-state index contributed by atoms with van der Waals surface area (Å²) in [7, 11) is 0. The van der Waals surface area contributed by atoms with Gasteiger partial charge in [0.15, 0.2) is 0 Å². The lowest BCUT2D eigenvalue weighted by Gasteiger charge is -2.27. The van der Waals surface area contributed by atoms with Crippen LogP contribution in [0.5, 0.6) is 0 Å². The first-order chi connectivity index (χ1) is 13.4. The summed E-state index contributed by atoms with van der Waals surface area (Å²) in [5.74, 6) is -1.64. The highest BCUT2D eigenvalue weighted by molar-refractivity contribution is 6.23. The van der Waals surface area contributed by atoms with Crippen LogP contribution < -0.4 is 16.4 Å². The molecule has 142 valence electrons. The molecular formula is C19H17N5O4. The average Bonchev–Trinajstić information content (AvgIpc) is 2.92. The molecule has 1 atom stereocenters. The number of nitrogen functional groups attached to an aromatic ring is 1. The first-order valence-electron chi connectivity index (χ1n) is 8.74. The highest BCUT2D eigenvalue weighted by atomic mass is 16.2. The van der Waals surface area contributed by atoms with Crippen molar-refractivity contribution in [2.24, 2.45) is 0 Å². The van der Waals surface area contributed by atoms with Crippen LogP contribution in [0.4, 0.5) is 11.5 Å². The second-order valence-corrected chi connectivity index (χ2v) is 6.65. The number of nitrogens with one attached hydrogen (secondary N) is 2. The summed E-state index contributed by atoms with van der Waals surface area (Å²) >= 11 is 0. The lowest BCUT2D eigenvalue weighted by Crippen LogP contribution is -2.54. The van der Waals surface area contributed by atoms with E-state index in [9.17, 15) is 19.2 Å². The van der Waals surface area contributed by atoms with E-state index in [1.807, 2.05) is 0 Å². The minimum Gasteiger partial charge on any atom is -0.384 e. The Kier molecular flexibility index (Phi) is 4.26. The molecule has 0 aliphatic carbocycles. The number of carbonyl (C=O) groups is 4. The normalized spacial score (nSPS) is 18.9. The van der Waals surface area contributed by atoms with Gasteiger partial charge in [-0.05, 0) is 36.2 Å². The summed E-state index contributed by atoms with van der Waals surface area (Å²) in [6, 6.07) is 7.46. The maximum absolute atomic E-state index is 12.8. The van der Waals surface area contributed by atoms with Crippen LogP contribution in [0.3, 0.4) is 0 Å². The molecule has 1 saturated heterocycles. The number of nitrogens with zero attached hydrogens (tertiary/aromatic N) is 2. The zero-order valence-corrected chi connectivity index (χ0v) is 14.8. The maximum atomic E-state index is 12.8. The van der Waals surface area contributed by atoms with Gasteiger partial charge in [0.25, 0.3) is 11.8 Å². The number of pyridine rings is 1. The molecule has 1 aromatic carbocycles. The van der Waals surface area contributed by atoms with Crippen LogP contribution in [0.2, 0.25) is 0 Å². The summed E-state index contributed by atoms with van der Waals surface area (Å²) in [5, 5.41) is 5.34. The lowest BCUT2D eigenvalue weighted by molar-refractivity contribution is -0.136. The average molecular weight is 379 g/mol. The number of anilines is 2. The van der Waals surface area contributed by atoms with Crippen LogP contribution in [0, 0.1) is 0 Å². The van der Waals surface area contributed by atoms with Gasteiger partial charge in [0.05, 0.1) is 23.0 Å². The number of amides is 4. The van der Waals surface area contributed by atoms with Crippen molar-refractivity contribution in [3.63, 3.8) is 0 Å². The van der Waals surface area contributed by atoms with Crippen molar-refractivity contribution in [2.45, 2.75) is 25.4 Å². The second-order valence-electron chi connectivity index (χ2n) is 6.65. The molecule has 9 heteroatoms. The molecule has 4 rings (SSSR count). The van der Waals surface area contributed by atoms with E-state index in [1.165, 1.54) is 0 Å². The first kappa shape index (κ1) is 17.7. The number of fused-ring (bicyclic) bond motifs is 1. The summed E-state index contributed by atoms with van der Waals surface area (Å²) < 4.78 is 0. The Bertz CT molecular complexity index is 1000. The Labute approximate surface area is 159 Å². The molecule has 2 aliphatic heterocycles. The molecule has 3 heterocycles. The van der Waals surface area contributed by atoms with Gasteiger partial charge in [-0.1, -0.05) is 6.07 Å². The zero-order chi connectivity index (χ0) is 19.8. The molecule has 2 aliphatic rings. The number of piperidine rings is 1. The third-order valence-electron chi connectivity index (χ3n) is 4.79. The second kappa shape index (κ2) is 6.76. The summed E-state index contributed by atoms with van der Waals surface area (Å²) in [6.07, 6.45) is 1.82. The maximum Gasteiger partial charge on any atom is 0.262 e. The topological polar surface area (TPSA) is 134 Å². The van der Waals surface area contributed by atoms with Crippen LogP contribution in [-0.4, -0.2) is 39.6 Å². The van der Waals surface area contributed by atoms with Crippen molar-refractivity contribution in [3.8, 4) is 0 Å². The largest absolute Gasteiger partial charge is 0.384 e. The number of rotatable bonds is 4. The van der Waals surface area contributed by atoms with Crippen molar-refractivity contribution in [2.75, 3.05) is 11.1 Å². The fourth-order valence-electron chi connectivity index (χ4n) is 3.34. The fourth-order valence-corrected chi connectivity index (χ4v) is 3.34. The predicted octanol–water partition coefficient (Wildman–Crippen LogP) is 0.677. The predicted molar refractivity (Wildman–Crippen MR) is 99.1 cm³/mol. The summed E-state index contributed by atoms with van der Waals surface area (Å²) in [6.45, 7) is 0.415. The zero-order valence-electron chi connectivity index (χ0n) is 14.8. The number of benzene rings is 1. The van der Waals surface area contributed by atoms with Crippen LogP contribution in [0.15, 0.2) is 36.5 Å². The summed E-state index contributed by atoms with van der Waals surface area (Å²) in [5.41, 5.74) is 7.63. The van der Waals surface area contributed by atoms with Crippen molar-refractivity contribution in [1.29, 1.82) is 0 Å². The smallest absolute Gasteiger partial charge is 0.262 e. The van der Waals surface area contributed by atoms with E-state index in [1.54, 1.807) is 36.5 Å². The molecule has 0 bridgehead atoms. The molecule has 4 N–H and O–H groups in total. The van der Waals surface area contributed by atoms with Gasteiger partial charge in [-0.3, -0.25) is 29.4 Å². The van der Waals surface area contributed by atoms with Gasteiger partial charge in [0, 0.05) is 13.0 Å². The van der Waals surface area contributed by atoms with E-state index in [4.69, 9.17) is 5.73 Å². The first-order valence-corrected chi connectivity index (χ1v) is 8.74. The van der Waals surface area contributed by atoms with E-state index in [0.29, 0.717) is 12.4 Å². The van der Waals surface area contributed by atoms with E-state index in [-0.39, 0.29) is 24.0 Å². The Morgan fingerprint density at radius 1 is 1.11 bits per heavy atom. The summed E-state index contributed by atoms with van der Waals surface area (Å²) in [4.78, 5) is 53.8. The van der Waals surface area contributed by atoms with Gasteiger partial charge in [0.1, 0.15) is 11.9 Å². The number of hydrogen-bond donors (Lipinski definition) is 3. The fraction of sp³-hybridized carbons (Fsp3) is 0.211. The van der Waals surface area contributed by atoms with Crippen LogP contribution >= 0.6 is 0 Å². The van der Waals surface area contributed by atoms with Gasteiger partial charge in [-0.15, -0.1) is 0 Å². The third-order valence-corrected chi connectivity index (χ3v) is 4.79. The van der Waals surface area contributed by atoms with Gasteiger partial charge in [-0.2, -0.15) is 0 Å². The van der Waals surface area contributed by atoms with Crippen LogP contribution in [0.25, 0.3) is 0 Å². The molecule has 9 nitrogen and oxygen atoms in total. The van der Waals surface area contributed by atoms with Gasteiger partial charge in [0.2, 0.25) is 11.8 Å². The number of nitrogens with two attached hydrogens (primary N) is 1. The SMILES string of the molecule is Nc1ccc(NCc2ccc3c(c2)C(=O)N(C2CCC(=O)NC2=O)C3=O)cn1. The molecule has 0 spiro atoms. The lowest BCUT2D eigenvalue weighted by atomic mass is 10.0. The van der Waals surface area contributed by atoms with Gasteiger partial charge in [-0.25, -0.2) is 4.98 Å². The van der Waals surface area contributed by atoms with E-state index < -0.39 is 29.7 Å². The van der Waals surface area contributed by atoms with E-state index >= 15 is 0 Å². The molecule has 0 radical (unpaired) electrons. The van der Waals surface area contributed by atoms with Gasteiger partial charge < -0.3 is 11.1 Å². The molecule has 28 heavy (non-hydrogen) atoms. The highest BCUT2D eigenvalue weighted by Gasteiger charge is 2.44. The van der Waals surface area contributed by atoms with Crippen molar-refractivity contribution >= 4 is 35.1 Å². The van der Waals surface area contributed by atoms with Crippen molar-refractivity contribution < 1.29 is 19.2 Å². The van der Waals surface area contributed by atoms with E-state index in [2.05, 4.69) is 15.6 Å². The van der Waals surface area contributed by atoms with Gasteiger partial charge >= 0.3 is 0 Å². The Morgan fingerprint density at radius 3 is 2.61 bits per heavy atom. The molecule has 4 amide bonds. The standard InChI is InChI=1S/C19H17N5O4/c20-15-5-2-11(9-22-15)21-8-10-1-3-12-13(7-10)19(28)24(18(12)27)14-4-6-16(25)23-17(14)26/h1-3,5,7,9,14,21H,4,6,8H2,(H2,20,22)(H,23,25,26). The number of hydrogen-bond acceptors (Lipinski definition) is 7. The Balaban J connectivity index is 1.53. The monoisotopic (exact) mass is 379 g/mol. The third kappa shape index (κ3) is 3.07. The minimum absolute atomic E-state index is 0.0919.